The summed E-state index contributed by atoms with van der Waals surface area (Å²) in [6, 6.07) is 0. The standard InChI is InChI=1S/C14H30N2O/c1-5-14(7-6-8-15-11-14)12-16(4)9-10-17-13(2)3/h13,15H,5-12H2,1-4H3. The summed E-state index contributed by atoms with van der Waals surface area (Å²) in [4.78, 5) is 2.43. The lowest BCUT2D eigenvalue weighted by Gasteiger charge is -2.40. The van der Waals surface area contributed by atoms with Gasteiger partial charge in [0.1, 0.15) is 0 Å². The highest BCUT2D eigenvalue weighted by atomic mass is 16.5. The molecule has 1 N–H and O–H groups in total. The van der Waals surface area contributed by atoms with E-state index in [1.165, 1.54) is 38.9 Å². The molecule has 1 unspecified atom stereocenters. The fraction of sp³-hybridized carbons (Fsp3) is 1.00. The summed E-state index contributed by atoms with van der Waals surface area (Å²) >= 11 is 0. The van der Waals surface area contributed by atoms with Crippen molar-refractivity contribution in [1.29, 1.82) is 0 Å². The van der Waals surface area contributed by atoms with Gasteiger partial charge in [0.05, 0.1) is 12.7 Å². The Balaban J connectivity index is 2.29. The molecule has 0 spiro atoms. The first-order chi connectivity index (χ1) is 8.08. The van der Waals surface area contributed by atoms with Gasteiger partial charge in [0.15, 0.2) is 0 Å². The van der Waals surface area contributed by atoms with Crippen molar-refractivity contribution in [3.05, 3.63) is 0 Å². The molecule has 0 radical (unpaired) electrons. The highest BCUT2D eigenvalue weighted by Gasteiger charge is 2.31. The number of nitrogens with zero attached hydrogens (tertiary/aromatic N) is 1. The van der Waals surface area contributed by atoms with Gasteiger partial charge in [-0.2, -0.15) is 0 Å². The second kappa shape index (κ2) is 7.34. The molecule has 0 saturated carbocycles. The quantitative estimate of drug-likeness (QED) is 0.740. The molecule has 17 heavy (non-hydrogen) atoms. The molecule has 1 aliphatic heterocycles. The molecule has 0 aliphatic carbocycles. The van der Waals surface area contributed by atoms with Crippen LogP contribution in [0.25, 0.3) is 0 Å². The van der Waals surface area contributed by atoms with E-state index in [-0.39, 0.29) is 0 Å². The summed E-state index contributed by atoms with van der Waals surface area (Å²) in [5, 5.41) is 3.55. The van der Waals surface area contributed by atoms with E-state index in [0.717, 1.165) is 13.2 Å². The summed E-state index contributed by atoms with van der Waals surface area (Å²) < 4.78 is 5.61. The van der Waals surface area contributed by atoms with Crippen LogP contribution in [-0.2, 0) is 4.74 Å². The van der Waals surface area contributed by atoms with E-state index in [1.807, 2.05) is 0 Å². The predicted octanol–water partition coefficient (Wildman–Crippen LogP) is 2.12. The SMILES string of the molecule is CCC1(CN(C)CCOC(C)C)CCCNC1. The maximum absolute atomic E-state index is 5.61. The van der Waals surface area contributed by atoms with Crippen LogP contribution in [0.15, 0.2) is 0 Å². The van der Waals surface area contributed by atoms with Crippen LogP contribution >= 0.6 is 0 Å². The highest BCUT2D eigenvalue weighted by Crippen LogP contribution is 2.30. The lowest BCUT2D eigenvalue weighted by Crippen LogP contribution is -2.47. The van der Waals surface area contributed by atoms with E-state index >= 15 is 0 Å². The monoisotopic (exact) mass is 242 g/mol. The van der Waals surface area contributed by atoms with Gasteiger partial charge < -0.3 is 15.0 Å². The second-order valence-electron chi connectivity index (χ2n) is 5.79. The van der Waals surface area contributed by atoms with E-state index in [0.29, 0.717) is 11.5 Å². The maximum Gasteiger partial charge on any atom is 0.0596 e. The summed E-state index contributed by atoms with van der Waals surface area (Å²) in [7, 11) is 2.22. The highest BCUT2D eigenvalue weighted by molar-refractivity contribution is 4.86. The summed E-state index contributed by atoms with van der Waals surface area (Å²) in [6.45, 7) is 12.0. The zero-order valence-corrected chi connectivity index (χ0v) is 12.1. The van der Waals surface area contributed by atoms with Crippen molar-refractivity contribution >= 4 is 0 Å². The molecular formula is C14H30N2O. The van der Waals surface area contributed by atoms with Gasteiger partial charge in [-0.25, -0.2) is 0 Å². The Labute approximate surface area is 107 Å². The zero-order chi connectivity index (χ0) is 12.7. The summed E-state index contributed by atoms with van der Waals surface area (Å²) in [5.41, 5.74) is 0.491. The van der Waals surface area contributed by atoms with E-state index in [2.05, 4.69) is 38.0 Å². The number of rotatable bonds is 7. The summed E-state index contributed by atoms with van der Waals surface area (Å²) in [6.07, 6.45) is 4.31. The Morgan fingerprint density at radius 1 is 1.41 bits per heavy atom. The second-order valence-corrected chi connectivity index (χ2v) is 5.79. The molecule has 1 heterocycles. The minimum atomic E-state index is 0.347. The lowest BCUT2D eigenvalue weighted by molar-refractivity contribution is 0.0494. The van der Waals surface area contributed by atoms with Gasteiger partial charge in [0, 0.05) is 19.6 Å². The first kappa shape index (κ1) is 14.9. The molecule has 1 rings (SSSR count). The van der Waals surface area contributed by atoms with Crippen molar-refractivity contribution < 1.29 is 4.74 Å². The first-order valence-corrected chi connectivity index (χ1v) is 7.09. The molecule has 102 valence electrons. The fourth-order valence-electron chi connectivity index (χ4n) is 2.67. The molecule has 0 aromatic carbocycles. The Bertz CT molecular complexity index is 200. The Morgan fingerprint density at radius 2 is 2.18 bits per heavy atom. The average Bonchev–Trinajstić information content (AvgIpc) is 2.29. The Morgan fingerprint density at radius 3 is 2.71 bits per heavy atom. The van der Waals surface area contributed by atoms with E-state index in [4.69, 9.17) is 4.74 Å². The van der Waals surface area contributed by atoms with Gasteiger partial charge in [-0.05, 0) is 52.1 Å². The predicted molar refractivity (Wildman–Crippen MR) is 73.4 cm³/mol. The molecule has 3 nitrogen and oxygen atoms in total. The molecule has 0 aromatic rings. The molecule has 0 amide bonds. The molecule has 1 saturated heterocycles. The molecular weight excluding hydrogens is 212 g/mol. The first-order valence-electron chi connectivity index (χ1n) is 7.09. The van der Waals surface area contributed by atoms with Crippen molar-refractivity contribution in [1.82, 2.24) is 10.2 Å². The fourth-order valence-corrected chi connectivity index (χ4v) is 2.67. The number of likely N-dealkylation sites (N-methyl/N-ethyl adjacent to an activating group) is 1. The summed E-state index contributed by atoms with van der Waals surface area (Å²) in [5.74, 6) is 0. The van der Waals surface area contributed by atoms with E-state index < -0.39 is 0 Å². The van der Waals surface area contributed by atoms with Gasteiger partial charge in [-0.1, -0.05) is 6.92 Å². The molecule has 1 fully saturated rings. The van der Waals surface area contributed by atoms with Gasteiger partial charge >= 0.3 is 0 Å². The maximum atomic E-state index is 5.61. The molecule has 0 bridgehead atoms. The number of hydrogen-bond donors (Lipinski definition) is 1. The van der Waals surface area contributed by atoms with Crippen LogP contribution < -0.4 is 5.32 Å². The van der Waals surface area contributed by atoms with E-state index in [1.54, 1.807) is 0 Å². The van der Waals surface area contributed by atoms with Crippen LogP contribution in [0.3, 0.4) is 0 Å². The number of ether oxygens (including phenoxy) is 1. The number of nitrogens with one attached hydrogen (secondary N) is 1. The van der Waals surface area contributed by atoms with Crippen LogP contribution in [0.2, 0.25) is 0 Å². The van der Waals surface area contributed by atoms with E-state index in [9.17, 15) is 0 Å². The molecule has 1 aliphatic rings. The third-order valence-electron chi connectivity index (χ3n) is 3.84. The van der Waals surface area contributed by atoms with Crippen LogP contribution in [0.4, 0.5) is 0 Å². The van der Waals surface area contributed by atoms with Crippen molar-refractivity contribution in [3.63, 3.8) is 0 Å². The average molecular weight is 242 g/mol. The van der Waals surface area contributed by atoms with Crippen molar-refractivity contribution in [2.75, 3.05) is 39.8 Å². The third kappa shape index (κ3) is 5.36. The van der Waals surface area contributed by atoms with Crippen LogP contribution in [-0.4, -0.2) is 50.8 Å². The zero-order valence-electron chi connectivity index (χ0n) is 12.1. The van der Waals surface area contributed by atoms with Crippen molar-refractivity contribution in [2.45, 2.75) is 46.1 Å². The molecule has 0 aromatic heterocycles. The minimum absolute atomic E-state index is 0.347. The molecule has 1 atom stereocenters. The van der Waals surface area contributed by atoms with Gasteiger partial charge in [-0.15, -0.1) is 0 Å². The number of hydrogen-bond acceptors (Lipinski definition) is 3. The van der Waals surface area contributed by atoms with Crippen LogP contribution in [0, 0.1) is 5.41 Å². The van der Waals surface area contributed by atoms with Gasteiger partial charge in [-0.3, -0.25) is 0 Å². The van der Waals surface area contributed by atoms with Crippen LogP contribution in [0.1, 0.15) is 40.0 Å². The van der Waals surface area contributed by atoms with Gasteiger partial charge in [0.25, 0.3) is 0 Å². The molecule has 3 heteroatoms. The smallest absolute Gasteiger partial charge is 0.0596 e. The van der Waals surface area contributed by atoms with Crippen LogP contribution in [0.5, 0.6) is 0 Å². The number of piperidine rings is 1. The third-order valence-corrected chi connectivity index (χ3v) is 3.84. The largest absolute Gasteiger partial charge is 0.377 e. The van der Waals surface area contributed by atoms with Gasteiger partial charge in [0.2, 0.25) is 0 Å². The Hall–Kier alpha value is -0.120. The van der Waals surface area contributed by atoms with Crippen molar-refractivity contribution in [3.8, 4) is 0 Å². The lowest BCUT2D eigenvalue weighted by atomic mass is 9.78. The minimum Gasteiger partial charge on any atom is -0.377 e. The van der Waals surface area contributed by atoms with Crippen molar-refractivity contribution in [2.24, 2.45) is 5.41 Å². The Kier molecular flexibility index (Phi) is 6.45. The topological polar surface area (TPSA) is 24.5 Å². The normalized spacial score (nSPS) is 25.8.